The van der Waals surface area contributed by atoms with E-state index < -0.39 is 12.0 Å². The molecule has 20 heavy (non-hydrogen) atoms. The summed E-state index contributed by atoms with van der Waals surface area (Å²) in [7, 11) is 1.65. The highest BCUT2D eigenvalue weighted by atomic mass is 19.4. The number of likely N-dealkylation sites (N-methyl/N-ethyl adjacent to an activating group) is 1. The number of anilines is 2. The molecule has 2 rings (SSSR count). The minimum atomic E-state index is -4.67. The van der Waals surface area contributed by atoms with E-state index in [9.17, 15) is 18.0 Å². The van der Waals surface area contributed by atoms with E-state index in [1.807, 2.05) is 0 Å². The van der Waals surface area contributed by atoms with E-state index in [1.54, 1.807) is 7.05 Å². The van der Waals surface area contributed by atoms with Gasteiger partial charge in [0.1, 0.15) is 11.6 Å². The van der Waals surface area contributed by atoms with E-state index in [-0.39, 0.29) is 24.1 Å². The van der Waals surface area contributed by atoms with Crippen molar-refractivity contribution in [3.05, 3.63) is 11.9 Å². The van der Waals surface area contributed by atoms with Crippen molar-refractivity contribution in [1.29, 1.82) is 0 Å². The van der Waals surface area contributed by atoms with Gasteiger partial charge in [-0.3, -0.25) is 4.79 Å². The maximum absolute atomic E-state index is 12.7. The molecule has 1 saturated heterocycles. The molecule has 9 heteroatoms. The van der Waals surface area contributed by atoms with Crippen molar-refractivity contribution in [3.8, 4) is 0 Å². The zero-order valence-corrected chi connectivity index (χ0v) is 10.8. The van der Waals surface area contributed by atoms with Gasteiger partial charge in [-0.1, -0.05) is 0 Å². The van der Waals surface area contributed by atoms with E-state index in [0.717, 1.165) is 0 Å². The topological polar surface area (TPSA) is 75.3 Å². The normalized spacial score (nSPS) is 17.3. The standard InChI is InChI=1S/C11H14F3N5O/c1-18-3-2-4-19(6-9(18)20)8-5-7(15)16-10(17-8)11(12,13)14/h5H,2-4,6H2,1H3,(H2,15,16,17). The molecule has 0 spiro atoms. The first-order chi connectivity index (χ1) is 9.27. The summed E-state index contributed by atoms with van der Waals surface area (Å²) in [5, 5.41) is 0. The number of carbonyl (C=O) groups is 1. The number of halogens is 3. The highest BCUT2D eigenvalue weighted by Gasteiger charge is 2.36. The highest BCUT2D eigenvalue weighted by molar-refractivity contribution is 5.81. The summed E-state index contributed by atoms with van der Waals surface area (Å²) in [5.41, 5.74) is 5.39. The lowest BCUT2D eigenvalue weighted by molar-refractivity contribution is -0.144. The first kappa shape index (κ1) is 14.4. The van der Waals surface area contributed by atoms with Crippen LogP contribution in [-0.4, -0.2) is 47.5 Å². The molecule has 6 nitrogen and oxygen atoms in total. The molecule has 1 aliphatic rings. The Kier molecular flexibility index (Phi) is 3.69. The van der Waals surface area contributed by atoms with Crippen LogP contribution >= 0.6 is 0 Å². The predicted molar refractivity (Wildman–Crippen MR) is 65.9 cm³/mol. The molecule has 0 saturated carbocycles. The Morgan fingerprint density at radius 2 is 2.00 bits per heavy atom. The molecule has 2 heterocycles. The number of alkyl halides is 3. The molecular formula is C11H14F3N5O. The molecule has 0 aromatic carbocycles. The largest absolute Gasteiger partial charge is 0.451 e. The van der Waals surface area contributed by atoms with Gasteiger partial charge in [-0.2, -0.15) is 13.2 Å². The first-order valence-electron chi connectivity index (χ1n) is 5.98. The summed E-state index contributed by atoms with van der Waals surface area (Å²) in [6.45, 7) is 0.968. The molecule has 110 valence electrons. The Balaban J connectivity index is 2.32. The number of nitrogens with zero attached hydrogens (tertiary/aromatic N) is 4. The third-order valence-electron chi connectivity index (χ3n) is 2.98. The fourth-order valence-electron chi connectivity index (χ4n) is 1.92. The quantitative estimate of drug-likeness (QED) is 0.825. The molecule has 0 radical (unpaired) electrons. The van der Waals surface area contributed by atoms with Crippen molar-refractivity contribution in [2.45, 2.75) is 12.6 Å². The van der Waals surface area contributed by atoms with Crippen molar-refractivity contribution in [1.82, 2.24) is 14.9 Å². The zero-order chi connectivity index (χ0) is 14.9. The summed E-state index contributed by atoms with van der Waals surface area (Å²) in [4.78, 5) is 21.4. The van der Waals surface area contributed by atoms with Gasteiger partial charge in [0.2, 0.25) is 11.7 Å². The van der Waals surface area contributed by atoms with Gasteiger partial charge in [-0.05, 0) is 6.42 Å². The molecule has 1 aromatic heterocycles. The molecule has 1 fully saturated rings. The lowest BCUT2D eigenvalue weighted by Crippen LogP contribution is -2.35. The van der Waals surface area contributed by atoms with E-state index in [4.69, 9.17) is 5.73 Å². The maximum Gasteiger partial charge on any atom is 0.451 e. The van der Waals surface area contributed by atoms with Gasteiger partial charge in [0.25, 0.3) is 0 Å². The Labute approximate surface area is 113 Å². The SMILES string of the molecule is CN1CCCN(c2cc(N)nc(C(F)(F)F)n2)CC1=O. The Bertz CT molecular complexity index is 519. The van der Waals surface area contributed by atoms with Gasteiger partial charge in [-0.15, -0.1) is 0 Å². The fourth-order valence-corrected chi connectivity index (χ4v) is 1.92. The van der Waals surface area contributed by atoms with E-state index in [0.29, 0.717) is 19.5 Å². The van der Waals surface area contributed by atoms with Crippen LogP contribution < -0.4 is 10.6 Å². The van der Waals surface area contributed by atoms with E-state index in [2.05, 4.69) is 9.97 Å². The second-order valence-corrected chi connectivity index (χ2v) is 4.56. The number of nitrogen functional groups attached to an aromatic ring is 1. The van der Waals surface area contributed by atoms with E-state index in [1.165, 1.54) is 15.9 Å². The van der Waals surface area contributed by atoms with Crippen molar-refractivity contribution >= 4 is 17.5 Å². The maximum atomic E-state index is 12.7. The lowest BCUT2D eigenvalue weighted by Gasteiger charge is -2.21. The number of carbonyl (C=O) groups excluding carboxylic acids is 1. The van der Waals surface area contributed by atoms with Crippen LogP contribution in [0.15, 0.2) is 6.07 Å². The minimum Gasteiger partial charge on any atom is -0.384 e. The molecule has 0 atom stereocenters. The highest BCUT2D eigenvalue weighted by Crippen LogP contribution is 2.28. The van der Waals surface area contributed by atoms with Crippen LogP contribution in [0.3, 0.4) is 0 Å². The van der Waals surface area contributed by atoms with Crippen molar-refractivity contribution < 1.29 is 18.0 Å². The molecule has 0 aliphatic carbocycles. The lowest BCUT2D eigenvalue weighted by atomic mass is 10.3. The Morgan fingerprint density at radius 1 is 1.30 bits per heavy atom. The van der Waals surface area contributed by atoms with Gasteiger partial charge < -0.3 is 15.5 Å². The van der Waals surface area contributed by atoms with Crippen LogP contribution in [0.1, 0.15) is 12.2 Å². The minimum absolute atomic E-state index is 0.0217. The number of aromatic nitrogens is 2. The third kappa shape index (κ3) is 3.09. The van der Waals surface area contributed by atoms with Gasteiger partial charge >= 0.3 is 6.18 Å². The monoisotopic (exact) mass is 289 g/mol. The molecule has 0 bridgehead atoms. The summed E-state index contributed by atoms with van der Waals surface area (Å²) >= 11 is 0. The molecule has 1 aliphatic heterocycles. The third-order valence-corrected chi connectivity index (χ3v) is 2.98. The molecule has 0 unspecified atom stereocenters. The number of hydrogen-bond acceptors (Lipinski definition) is 5. The molecule has 1 amide bonds. The zero-order valence-electron chi connectivity index (χ0n) is 10.8. The van der Waals surface area contributed by atoms with Gasteiger partial charge in [0, 0.05) is 26.2 Å². The average molecular weight is 289 g/mol. The molecule has 2 N–H and O–H groups in total. The number of rotatable bonds is 1. The van der Waals surface area contributed by atoms with Crippen LogP contribution in [0.5, 0.6) is 0 Å². The fraction of sp³-hybridized carbons (Fsp3) is 0.545. The van der Waals surface area contributed by atoms with E-state index >= 15 is 0 Å². The summed E-state index contributed by atoms with van der Waals surface area (Å²) < 4.78 is 38.0. The predicted octanol–water partition coefficient (Wildman–Crippen LogP) is 0.746. The molecular weight excluding hydrogens is 275 g/mol. The van der Waals surface area contributed by atoms with Crippen LogP contribution in [-0.2, 0) is 11.0 Å². The van der Waals surface area contributed by atoms with Crippen molar-refractivity contribution in [2.75, 3.05) is 37.3 Å². The summed E-state index contributed by atoms with van der Waals surface area (Å²) in [6, 6.07) is 1.24. The van der Waals surface area contributed by atoms with Crippen LogP contribution in [0.25, 0.3) is 0 Å². The van der Waals surface area contributed by atoms with Gasteiger partial charge in [0.15, 0.2) is 0 Å². The first-order valence-corrected chi connectivity index (χ1v) is 5.98. The number of hydrogen-bond donors (Lipinski definition) is 1. The van der Waals surface area contributed by atoms with Gasteiger partial charge in [-0.25, -0.2) is 9.97 Å². The number of nitrogens with two attached hydrogens (primary N) is 1. The van der Waals surface area contributed by atoms with Crippen molar-refractivity contribution in [3.63, 3.8) is 0 Å². The Morgan fingerprint density at radius 3 is 2.65 bits per heavy atom. The average Bonchev–Trinajstić information content (AvgIpc) is 2.50. The smallest absolute Gasteiger partial charge is 0.384 e. The van der Waals surface area contributed by atoms with Gasteiger partial charge in [0.05, 0.1) is 6.54 Å². The number of amides is 1. The van der Waals surface area contributed by atoms with Crippen LogP contribution in [0.4, 0.5) is 24.8 Å². The summed E-state index contributed by atoms with van der Waals surface area (Å²) in [5.74, 6) is -1.72. The molecule has 1 aromatic rings. The van der Waals surface area contributed by atoms with Crippen molar-refractivity contribution in [2.24, 2.45) is 0 Å². The Hall–Kier alpha value is -2.06. The second kappa shape index (κ2) is 5.14. The van der Waals surface area contributed by atoms with Crippen LogP contribution in [0, 0.1) is 0 Å². The van der Waals surface area contributed by atoms with Crippen LogP contribution in [0.2, 0.25) is 0 Å². The second-order valence-electron chi connectivity index (χ2n) is 4.56. The summed E-state index contributed by atoms with van der Waals surface area (Å²) in [6.07, 6.45) is -4.02.